The molecule has 0 amide bonds. The van der Waals surface area contributed by atoms with E-state index in [-0.39, 0.29) is 20.1 Å². The molecule has 1 radical (unpaired) electrons. The number of hydrogen-bond acceptors (Lipinski definition) is 2. The maximum Gasteiger partial charge on any atom is 0.325 e. The van der Waals surface area contributed by atoms with E-state index in [4.69, 9.17) is 10.6 Å². The van der Waals surface area contributed by atoms with Crippen molar-refractivity contribution in [3.05, 3.63) is 5.73 Å². The maximum atomic E-state index is 10.6. The van der Waals surface area contributed by atoms with Gasteiger partial charge in [-0.1, -0.05) is 33.1 Å². The van der Waals surface area contributed by atoms with Gasteiger partial charge in [-0.15, -0.1) is 0 Å². The monoisotopic (exact) mass is 417 g/mol. The minimum Gasteiger partial charge on any atom is -0.677 e. The molecular formula is C9H23IrNO3P-. The fourth-order valence-corrected chi connectivity index (χ4v) is 1.28. The van der Waals surface area contributed by atoms with Gasteiger partial charge < -0.3 is 15.2 Å². The molecule has 0 fully saturated rings. The van der Waals surface area contributed by atoms with Crippen LogP contribution in [0.2, 0.25) is 0 Å². The second-order valence-corrected chi connectivity index (χ2v) is 4.66. The molecule has 0 spiro atoms. The van der Waals surface area contributed by atoms with E-state index in [1.54, 1.807) is 0 Å². The summed E-state index contributed by atoms with van der Waals surface area (Å²) in [6, 6.07) is 0. The Morgan fingerprint density at radius 1 is 1.20 bits per heavy atom. The Balaban J connectivity index is -0.000000449. The number of unbranched alkanes of at least 4 members (excludes halogenated alkanes) is 3. The van der Waals surface area contributed by atoms with E-state index in [1.165, 1.54) is 6.66 Å². The summed E-state index contributed by atoms with van der Waals surface area (Å²) in [4.78, 5) is 8.72. The van der Waals surface area contributed by atoms with Crippen molar-refractivity contribution < 1.29 is 34.1 Å². The number of hydrogen-bond donors (Lipinski definition) is 1. The zero-order valence-electron chi connectivity index (χ0n) is 9.79. The summed E-state index contributed by atoms with van der Waals surface area (Å²) in [5.74, 6) is 0. The average molecular weight is 416 g/mol. The van der Waals surface area contributed by atoms with Crippen LogP contribution in [0.25, 0.3) is 5.73 Å². The first-order valence-corrected chi connectivity index (χ1v) is 7.18. The van der Waals surface area contributed by atoms with Crippen molar-refractivity contribution in [3.63, 3.8) is 0 Å². The molecule has 0 saturated carbocycles. The van der Waals surface area contributed by atoms with Crippen LogP contribution in [0.3, 0.4) is 0 Å². The van der Waals surface area contributed by atoms with Crippen molar-refractivity contribution in [1.82, 2.24) is 0 Å². The Bertz CT molecular complexity index is 152. The zero-order chi connectivity index (χ0) is 11.4. The molecule has 0 aliphatic carbocycles. The van der Waals surface area contributed by atoms with E-state index in [9.17, 15) is 4.57 Å². The van der Waals surface area contributed by atoms with Crippen LogP contribution in [0, 0.1) is 0 Å². The van der Waals surface area contributed by atoms with Gasteiger partial charge in [0, 0.05) is 26.8 Å². The van der Waals surface area contributed by atoms with Gasteiger partial charge in [-0.2, -0.15) is 6.54 Å². The van der Waals surface area contributed by atoms with E-state index < -0.39 is 7.60 Å². The van der Waals surface area contributed by atoms with Gasteiger partial charge in [-0.3, -0.25) is 4.57 Å². The van der Waals surface area contributed by atoms with Crippen LogP contribution in [-0.2, 0) is 29.2 Å². The molecule has 0 aromatic rings. The topological polar surface area (TPSA) is 70.3 Å². The minimum absolute atomic E-state index is 0. The van der Waals surface area contributed by atoms with Gasteiger partial charge in [-0.05, 0) is 6.42 Å². The van der Waals surface area contributed by atoms with Gasteiger partial charge in [0.15, 0.2) is 0 Å². The number of rotatable bonds is 7. The first kappa shape index (κ1) is 21.1. The summed E-state index contributed by atoms with van der Waals surface area (Å²) in [7, 11) is -3.26. The van der Waals surface area contributed by atoms with E-state index in [1.807, 2.05) is 13.8 Å². The summed E-state index contributed by atoms with van der Waals surface area (Å²) in [6.45, 7) is 6.01. The van der Waals surface area contributed by atoms with Crippen molar-refractivity contribution in [2.45, 2.75) is 39.5 Å². The quantitative estimate of drug-likeness (QED) is 0.510. The predicted molar refractivity (Wildman–Crippen MR) is 60.7 cm³/mol. The van der Waals surface area contributed by atoms with Crippen LogP contribution < -0.4 is 0 Å². The Labute approximate surface area is 107 Å². The second-order valence-electron chi connectivity index (χ2n) is 2.80. The summed E-state index contributed by atoms with van der Waals surface area (Å²) in [5, 5.41) is 0. The molecular weight excluding hydrogens is 393 g/mol. The second kappa shape index (κ2) is 14.8. The summed E-state index contributed by atoms with van der Waals surface area (Å²) >= 11 is 0. The number of nitrogens with one attached hydrogen (secondary N) is 1. The molecule has 0 aromatic carbocycles. The van der Waals surface area contributed by atoms with Crippen molar-refractivity contribution in [3.8, 4) is 0 Å². The fourth-order valence-electron chi connectivity index (χ4n) is 0.815. The standard InChI is InChI=1S/C7H17NO3P.C2H6.Ir/c1-12(9,10)11-7-5-3-2-4-6-8;1-2;/h8H,2-7H2,1H3,(H,9,10);1-2H3;/q-1;;. The van der Waals surface area contributed by atoms with Crippen LogP contribution in [-0.4, -0.2) is 24.7 Å². The molecule has 0 bridgehead atoms. The van der Waals surface area contributed by atoms with Gasteiger partial charge in [0.2, 0.25) is 0 Å². The summed E-state index contributed by atoms with van der Waals surface area (Å²) < 4.78 is 15.3. The molecule has 2 N–H and O–H groups in total. The Hall–Kier alpha value is 0.759. The van der Waals surface area contributed by atoms with Crippen molar-refractivity contribution in [2.75, 3.05) is 19.8 Å². The molecule has 1 unspecified atom stereocenters. The average Bonchev–Trinajstić information content (AvgIpc) is 2.13. The molecule has 0 aromatic heterocycles. The van der Waals surface area contributed by atoms with Gasteiger partial charge in [0.1, 0.15) is 0 Å². The molecule has 0 rings (SSSR count). The first-order chi connectivity index (χ1) is 6.56. The third kappa shape index (κ3) is 25.2. The predicted octanol–water partition coefficient (Wildman–Crippen LogP) is 3.45. The van der Waals surface area contributed by atoms with Crippen molar-refractivity contribution in [1.29, 1.82) is 0 Å². The molecule has 4 nitrogen and oxygen atoms in total. The van der Waals surface area contributed by atoms with Crippen LogP contribution in [0.15, 0.2) is 0 Å². The third-order valence-electron chi connectivity index (χ3n) is 1.40. The largest absolute Gasteiger partial charge is 0.677 e. The van der Waals surface area contributed by atoms with E-state index in [2.05, 4.69) is 4.52 Å². The molecule has 0 heterocycles. The molecule has 6 heteroatoms. The van der Waals surface area contributed by atoms with Crippen LogP contribution in [0.5, 0.6) is 0 Å². The molecule has 15 heavy (non-hydrogen) atoms. The summed E-state index contributed by atoms with van der Waals surface area (Å²) in [5.41, 5.74) is 6.87. The first-order valence-electron chi connectivity index (χ1n) is 5.15. The fraction of sp³-hybridized carbons (Fsp3) is 1.00. The van der Waals surface area contributed by atoms with Crippen molar-refractivity contribution >= 4 is 7.60 Å². The van der Waals surface area contributed by atoms with Gasteiger partial charge in [0.25, 0.3) is 0 Å². The van der Waals surface area contributed by atoms with Crippen LogP contribution in [0.4, 0.5) is 0 Å². The SMILES string of the molecule is CC.CP(=O)(O)OCCCCCC[NH-].[Ir]. The smallest absolute Gasteiger partial charge is 0.325 e. The molecule has 0 saturated heterocycles. The summed E-state index contributed by atoms with van der Waals surface area (Å²) in [6.07, 6.45) is 3.69. The van der Waals surface area contributed by atoms with Gasteiger partial charge in [-0.25, -0.2) is 0 Å². The molecule has 97 valence electrons. The maximum absolute atomic E-state index is 10.6. The van der Waals surface area contributed by atoms with E-state index in [0.29, 0.717) is 13.2 Å². The Morgan fingerprint density at radius 2 is 1.67 bits per heavy atom. The Kier molecular flexibility index (Phi) is 20.7. The third-order valence-corrected chi connectivity index (χ3v) is 2.06. The zero-order valence-corrected chi connectivity index (χ0v) is 13.1. The molecule has 0 aliphatic heterocycles. The van der Waals surface area contributed by atoms with Crippen molar-refractivity contribution in [2.24, 2.45) is 0 Å². The van der Waals surface area contributed by atoms with Crippen LogP contribution in [0.1, 0.15) is 39.5 Å². The Morgan fingerprint density at radius 3 is 2.07 bits per heavy atom. The van der Waals surface area contributed by atoms with E-state index >= 15 is 0 Å². The van der Waals surface area contributed by atoms with Gasteiger partial charge >= 0.3 is 7.60 Å². The van der Waals surface area contributed by atoms with Crippen LogP contribution >= 0.6 is 7.60 Å². The van der Waals surface area contributed by atoms with Gasteiger partial charge in [0.05, 0.1) is 6.61 Å². The minimum atomic E-state index is -3.26. The van der Waals surface area contributed by atoms with E-state index in [0.717, 1.165) is 25.7 Å². The molecule has 1 atom stereocenters. The normalized spacial score (nSPS) is 13.1. The molecule has 0 aliphatic rings.